The van der Waals surface area contributed by atoms with E-state index in [-0.39, 0.29) is 17.4 Å². The van der Waals surface area contributed by atoms with Crippen molar-refractivity contribution in [1.82, 2.24) is 14.2 Å². The molecule has 0 atom stereocenters. The first-order valence-electron chi connectivity index (χ1n) is 11.4. The van der Waals surface area contributed by atoms with Gasteiger partial charge in [0.15, 0.2) is 0 Å². The van der Waals surface area contributed by atoms with E-state index in [1.165, 1.54) is 0 Å². The maximum Gasteiger partial charge on any atom is 0.492 e. The quantitative estimate of drug-likeness (QED) is 0.209. The first-order chi connectivity index (χ1) is 17.6. The van der Waals surface area contributed by atoms with Crippen LogP contribution < -0.4 is 0 Å². The highest BCUT2D eigenvalue weighted by molar-refractivity contribution is 7.90. The molecule has 1 aliphatic rings. The molecule has 0 N–H and O–H groups in total. The Bertz CT molecular complexity index is 1620. The lowest BCUT2D eigenvalue weighted by Crippen LogP contribution is -2.24. The molecule has 1 aliphatic carbocycles. The van der Waals surface area contributed by atoms with Gasteiger partial charge in [-0.3, -0.25) is 0 Å². The minimum atomic E-state index is -4.50. The Balaban J connectivity index is 1.52. The van der Waals surface area contributed by atoms with Crippen molar-refractivity contribution in [1.29, 1.82) is 0 Å². The standard InChI is InChI=1S/C26H22N4O6S/c1-15-12-16(2)23(17(3)13-15)37(34,35)29-24(27-26(28-29)30(32)33)25(31)36-14-22-20-10-6-4-8-18(20)19-9-5-7-11-21(19)22/h4-13,22H,14H2,1-3H3. The van der Waals surface area contributed by atoms with Gasteiger partial charge in [-0.25, -0.2) is 4.79 Å². The highest BCUT2D eigenvalue weighted by atomic mass is 32.2. The summed E-state index contributed by atoms with van der Waals surface area (Å²) in [5, 5.41) is 14.9. The van der Waals surface area contributed by atoms with Gasteiger partial charge in [-0.1, -0.05) is 66.2 Å². The second kappa shape index (κ2) is 8.93. The number of ether oxygens (including phenoxy) is 1. The van der Waals surface area contributed by atoms with Crippen LogP contribution in [0.15, 0.2) is 65.6 Å². The number of aromatic nitrogens is 3. The fraction of sp³-hybridized carbons (Fsp3) is 0.192. The van der Waals surface area contributed by atoms with Crippen molar-refractivity contribution in [3.05, 3.63) is 104 Å². The van der Waals surface area contributed by atoms with Crippen LogP contribution in [0.5, 0.6) is 0 Å². The molecule has 0 aliphatic heterocycles. The predicted octanol–water partition coefficient (Wildman–Crippen LogP) is 4.32. The summed E-state index contributed by atoms with van der Waals surface area (Å²) in [5.41, 5.74) is 5.63. The van der Waals surface area contributed by atoms with Crippen molar-refractivity contribution in [2.24, 2.45) is 0 Å². The first-order valence-corrected chi connectivity index (χ1v) is 12.8. The van der Waals surface area contributed by atoms with E-state index in [0.717, 1.165) is 27.8 Å². The van der Waals surface area contributed by atoms with Gasteiger partial charge in [0.05, 0.1) is 4.90 Å². The Morgan fingerprint density at radius 3 is 2.08 bits per heavy atom. The van der Waals surface area contributed by atoms with Gasteiger partial charge < -0.3 is 14.9 Å². The SMILES string of the molecule is Cc1cc(C)c(S(=O)(=O)n2nc([N+](=O)[O-])nc2C(=O)OCC2c3ccccc3-c3ccccc32)c(C)c1. The lowest BCUT2D eigenvalue weighted by molar-refractivity contribution is -0.394. The van der Waals surface area contributed by atoms with Crippen LogP contribution in [-0.4, -0.2) is 40.1 Å². The number of aryl methyl sites for hydroxylation is 3. The summed E-state index contributed by atoms with van der Waals surface area (Å²) in [5.74, 6) is -3.23. The molecular weight excluding hydrogens is 496 g/mol. The number of carbonyl (C=O) groups is 1. The molecule has 0 spiro atoms. The van der Waals surface area contributed by atoms with Gasteiger partial charge in [0.25, 0.3) is 10.0 Å². The third-order valence-electron chi connectivity index (χ3n) is 6.35. The van der Waals surface area contributed by atoms with Crippen molar-refractivity contribution < 1.29 is 22.9 Å². The summed E-state index contributed by atoms with van der Waals surface area (Å²) >= 11 is 0. The molecule has 1 heterocycles. The summed E-state index contributed by atoms with van der Waals surface area (Å²) < 4.78 is 33.0. The third kappa shape index (κ3) is 4.06. The predicted molar refractivity (Wildman–Crippen MR) is 134 cm³/mol. The Kier molecular flexibility index (Phi) is 5.87. The average molecular weight is 519 g/mol. The second-order valence-electron chi connectivity index (χ2n) is 8.89. The molecule has 1 aromatic heterocycles. The van der Waals surface area contributed by atoms with Crippen molar-refractivity contribution >= 4 is 21.9 Å². The Morgan fingerprint density at radius 2 is 1.54 bits per heavy atom. The smallest absolute Gasteiger partial charge is 0.458 e. The van der Waals surface area contributed by atoms with E-state index in [1.807, 2.05) is 55.5 Å². The largest absolute Gasteiger partial charge is 0.492 e. The monoisotopic (exact) mass is 518 g/mol. The fourth-order valence-corrected chi connectivity index (χ4v) is 6.61. The van der Waals surface area contributed by atoms with Crippen LogP contribution in [0.4, 0.5) is 5.95 Å². The Hall–Kier alpha value is -4.38. The van der Waals surface area contributed by atoms with Gasteiger partial charge >= 0.3 is 17.7 Å². The number of esters is 1. The molecule has 4 aromatic rings. The van der Waals surface area contributed by atoms with Crippen LogP contribution in [-0.2, 0) is 14.8 Å². The van der Waals surface area contributed by atoms with Crippen LogP contribution in [0.2, 0.25) is 0 Å². The molecule has 0 saturated carbocycles. The van der Waals surface area contributed by atoms with Crippen molar-refractivity contribution in [2.45, 2.75) is 31.6 Å². The molecule has 0 fully saturated rings. The van der Waals surface area contributed by atoms with Gasteiger partial charge in [-0.15, -0.1) is 0 Å². The van der Waals surface area contributed by atoms with Gasteiger partial charge in [-0.05, 0) is 68.1 Å². The number of fused-ring (bicyclic) bond motifs is 3. The third-order valence-corrected chi connectivity index (χ3v) is 8.22. The number of nitro groups is 1. The van der Waals surface area contributed by atoms with Crippen LogP contribution in [0.1, 0.15) is 44.4 Å². The number of benzene rings is 3. The molecule has 188 valence electrons. The zero-order valence-corrected chi connectivity index (χ0v) is 21.0. The molecule has 37 heavy (non-hydrogen) atoms. The lowest BCUT2D eigenvalue weighted by atomic mass is 9.98. The molecule has 0 amide bonds. The zero-order chi connectivity index (χ0) is 26.5. The topological polar surface area (TPSA) is 134 Å². The number of carbonyl (C=O) groups excluding carboxylic acids is 1. The van der Waals surface area contributed by atoms with E-state index < -0.39 is 32.7 Å². The zero-order valence-electron chi connectivity index (χ0n) is 20.2. The molecule has 3 aromatic carbocycles. The lowest BCUT2D eigenvalue weighted by Gasteiger charge is -2.14. The van der Waals surface area contributed by atoms with E-state index in [9.17, 15) is 23.3 Å². The van der Waals surface area contributed by atoms with E-state index >= 15 is 0 Å². The molecule has 10 nitrogen and oxygen atoms in total. The number of nitrogens with zero attached hydrogens (tertiary/aromatic N) is 4. The van der Waals surface area contributed by atoms with Crippen LogP contribution in [0.25, 0.3) is 11.1 Å². The number of hydrogen-bond acceptors (Lipinski definition) is 8. The number of hydrogen-bond donors (Lipinski definition) is 0. The molecule has 0 saturated heterocycles. The van der Waals surface area contributed by atoms with E-state index in [0.29, 0.717) is 15.2 Å². The van der Waals surface area contributed by atoms with E-state index in [1.54, 1.807) is 26.0 Å². The Labute approximate surface area is 212 Å². The summed E-state index contributed by atoms with van der Waals surface area (Å²) in [7, 11) is -4.50. The molecular formula is C26H22N4O6S. The molecule has 5 rings (SSSR count). The van der Waals surface area contributed by atoms with Gasteiger partial charge in [0, 0.05) is 11.0 Å². The molecule has 0 radical (unpaired) electrons. The fourth-order valence-electron chi connectivity index (χ4n) is 4.98. The van der Waals surface area contributed by atoms with E-state index in [4.69, 9.17) is 4.74 Å². The van der Waals surface area contributed by atoms with Crippen molar-refractivity contribution in [2.75, 3.05) is 6.61 Å². The molecule has 0 bridgehead atoms. The molecule has 11 heteroatoms. The number of rotatable bonds is 6. The molecule has 0 unspecified atom stereocenters. The minimum Gasteiger partial charge on any atom is -0.458 e. The van der Waals surface area contributed by atoms with E-state index in [2.05, 4.69) is 10.1 Å². The normalized spacial score (nSPS) is 12.7. The van der Waals surface area contributed by atoms with Crippen molar-refractivity contribution in [3.8, 4) is 11.1 Å². The minimum absolute atomic E-state index is 0.106. The van der Waals surface area contributed by atoms with Crippen molar-refractivity contribution in [3.63, 3.8) is 0 Å². The van der Waals surface area contributed by atoms with Gasteiger partial charge in [-0.2, -0.15) is 8.42 Å². The highest BCUT2D eigenvalue weighted by Crippen LogP contribution is 2.44. The Morgan fingerprint density at radius 1 is 1.00 bits per heavy atom. The summed E-state index contributed by atoms with van der Waals surface area (Å²) in [6.45, 7) is 4.91. The maximum absolute atomic E-state index is 13.6. The maximum atomic E-state index is 13.6. The van der Waals surface area contributed by atoms with Gasteiger partial charge in [0.1, 0.15) is 6.61 Å². The van der Waals surface area contributed by atoms with Crippen LogP contribution in [0.3, 0.4) is 0 Å². The first kappa shape index (κ1) is 24.3. The summed E-state index contributed by atoms with van der Waals surface area (Å²) in [6.07, 6.45) is 0. The summed E-state index contributed by atoms with van der Waals surface area (Å²) in [6, 6.07) is 18.8. The highest BCUT2D eigenvalue weighted by Gasteiger charge is 2.38. The van der Waals surface area contributed by atoms with Crippen LogP contribution in [0, 0.1) is 30.9 Å². The van der Waals surface area contributed by atoms with Crippen LogP contribution >= 0.6 is 0 Å². The average Bonchev–Trinajstić information content (AvgIpc) is 3.43. The summed E-state index contributed by atoms with van der Waals surface area (Å²) in [4.78, 5) is 27.1. The second-order valence-corrected chi connectivity index (χ2v) is 10.6. The van der Waals surface area contributed by atoms with Gasteiger partial charge in [0.2, 0.25) is 0 Å².